The Hall–Kier alpha value is -2.29. The third-order valence-electron chi connectivity index (χ3n) is 4.92. The number of benzene rings is 1. The predicted octanol–water partition coefficient (Wildman–Crippen LogP) is 2.90. The topological polar surface area (TPSA) is 91.8 Å². The highest BCUT2D eigenvalue weighted by Crippen LogP contribution is 2.31. The molecule has 3 rings (SSSR count). The molecule has 1 saturated heterocycles. The van der Waals surface area contributed by atoms with Crippen LogP contribution in [0.2, 0.25) is 0 Å². The summed E-state index contributed by atoms with van der Waals surface area (Å²) in [7, 11) is 0. The SMILES string of the molecule is Cc1ncsc1CN1C(=O)COC(c2ccc(NC(=O)CC(C)C)cc2)C1CO. The Bertz CT molecular complexity index is 850. The summed E-state index contributed by atoms with van der Waals surface area (Å²) in [4.78, 5) is 31.3. The van der Waals surface area contributed by atoms with E-state index in [1.54, 1.807) is 10.4 Å². The van der Waals surface area contributed by atoms with Gasteiger partial charge in [0.2, 0.25) is 11.8 Å². The number of amides is 2. The number of anilines is 1. The number of carbonyl (C=O) groups is 2. The molecule has 1 aromatic heterocycles. The van der Waals surface area contributed by atoms with Crippen molar-refractivity contribution in [2.24, 2.45) is 5.92 Å². The molecular formula is C21H27N3O4S. The second-order valence-corrected chi connectivity index (χ2v) is 8.57. The fourth-order valence-corrected chi connectivity index (χ4v) is 4.17. The Morgan fingerprint density at radius 3 is 2.69 bits per heavy atom. The average molecular weight is 418 g/mol. The van der Waals surface area contributed by atoms with Crippen molar-refractivity contribution in [1.29, 1.82) is 0 Å². The van der Waals surface area contributed by atoms with E-state index in [0.717, 1.165) is 16.1 Å². The minimum absolute atomic E-state index is 0.0217. The molecule has 1 aliphatic heterocycles. The van der Waals surface area contributed by atoms with E-state index in [9.17, 15) is 14.7 Å². The number of carbonyl (C=O) groups excluding carboxylic acids is 2. The molecule has 156 valence electrons. The minimum atomic E-state index is -0.487. The van der Waals surface area contributed by atoms with Crippen molar-refractivity contribution in [3.63, 3.8) is 0 Å². The lowest BCUT2D eigenvalue weighted by Gasteiger charge is -2.40. The van der Waals surface area contributed by atoms with Crippen LogP contribution in [0, 0.1) is 12.8 Å². The van der Waals surface area contributed by atoms with E-state index < -0.39 is 12.1 Å². The van der Waals surface area contributed by atoms with Crippen molar-refractivity contribution < 1.29 is 19.4 Å². The number of morpholine rings is 1. The Morgan fingerprint density at radius 1 is 1.38 bits per heavy atom. The smallest absolute Gasteiger partial charge is 0.249 e. The number of ether oxygens (including phenoxy) is 1. The van der Waals surface area contributed by atoms with Crippen molar-refractivity contribution in [1.82, 2.24) is 9.88 Å². The number of aryl methyl sites for hydroxylation is 1. The van der Waals surface area contributed by atoms with E-state index in [1.165, 1.54) is 11.3 Å². The first-order chi connectivity index (χ1) is 13.9. The summed E-state index contributed by atoms with van der Waals surface area (Å²) in [6.45, 7) is 6.07. The zero-order chi connectivity index (χ0) is 21.0. The predicted molar refractivity (Wildman–Crippen MR) is 111 cm³/mol. The number of hydrogen-bond acceptors (Lipinski definition) is 6. The fraction of sp³-hybridized carbons (Fsp3) is 0.476. The van der Waals surface area contributed by atoms with E-state index in [1.807, 2.05) is 45.0 Å². The van der Waals surface area contributed by atoms with Crippen LogP contribution < -0.4 is 5.32 Å². The number of hydrogen-bond donors (Lipinski definition) is 2. The molecule has 2 N–H and O–H groups in total. The van der Waals surface area contributed by atoms with Crippen LogP contribution in [0.25, 0.3) is 0 Å². The van der Waals surface area contributed by atoms with Gasteiger partial charge in [-0.05, 0) is 30.5 Å². The number of nitrogens with one attached hydrogen (secondary N) is 1. The van der Waals surface area contributed by atoms with Gasteiger partial charge < -0.3 is 20.1 Å². The molecule has 2 unspecified atom stereocenters. The number of aromatic nitrogens is 1. The second-order valence-electron chi connectivity index (χ2n) is 7.63. The first-order valence-electron chi connectivity index (χ1n) is 9.69. The number of nitrogens with zero attached hydrogens (tertiary/aromatic N) is 2. The van der Waals surface area contributed by atoms with E-state index in [4.69, 9.17) is 4.74 Å². The van der Waals surface area contributed by atoms with Crippen LogP contribution in [0.1, 0.15) is 42.5 Å². The third-order valence-corrected chi connectivity index (χ3v) is 5.84. The molecule has 29 heavy (non-hydrogen) atoms. The van der Waals surface area contributed by atoms with Gasteiger partial charge in [0.05, 0.1) is 30.4 Å². The molecule has 1 fully saturated rings. The van der Waals surface area contributed by atoms with Crippen LogP contribution in [-0.2, 0) is 20.9 Å². The molecule has 1 aromatic carbocycles. The highest BCUT2D eigenvalue weighted by Gasteiger charge is 2.37. The highest BCUT2D eigenvalue weighted by molar-refractivity contribution is 7.09. The van der Waals surface area contributed by atoms with Crippen molar-refractivity contribution in [2.45, 2.75) is 45.9 Å². The fourth-order valence-electron chi connectivity index (χ4n) is 3.39. The molecule has 1 aliphatic rings. The molecule has 0 radical (unpaired) electrons. The van der Waals surface area contributed by atoms with Gasteiger partial charge in [-0.2, -0.15) is 0 Å². The van der Waals surface area contributed by atoms with Crippen LogP contribution in [0.15, 0.2) is 29.8 Å². The number of rotatable bonds is 7. The molecule has 2 heterocycles. The van der Waals surface area contributed by atoms with Gasteiger partial charge in [-0.3, -0.25) is 9.59 Å². The standard InChI is InChI=1S/C21H27N3O4S/c1-13(2)8-19(26)23-16-6-4-15(5-7-16)21-17(10-25)24(20(27)11-28-21)9-18-14(3)22-12-29-18/h4-7,12-13,17,21,25H,8-11H2,1-3H3,(H,23,26). The van der Waals surface area contributed by atoms with E-state index in [-0.39, 0.29) is 25.0 Å². The van der Waals surface area contributed by atoms with Crippen LogP contribution in [0.3, 0.4) is 0 Å². The average Bonchev–Trinajstić information content (AvgIpc) is 3.08. The quantitative estimate of drug-likeness (QED) is 0.723. The molecule has 0 saturated carbocycles. The van der Waals surface area contributed by atoms with Crippen LogP contribution in [0.5, 0.6) is 0 Å². The normalized spacial score (nSPS) is 19.6. The van der Waals surface area contributed by atoms with Gasteiger partial charge in [0, 0.05) is 17.0 Å². The lowest BCUT2D eigenvalue weighted by Crippen LogP contribution is -2.52. The maximum Gasteiger partial charge on any atom is 0.249 e. The third kappa shape index (κ3) is 5.20. The summed E-state index contributed by atoms with van der Waals surface area (Å²) in [5, 5.41) is 12.9. The molecular weight excluding hydrogens is 390 g/mol. The van der Waals surface area contributed by atoms with Gasteiger partial charge in [0.25, 0.3) is 0 Å². The Morgan fingerprint density at radius 2 is 2.10 bits per heavy atom. The summed E-state index contributed by atoms with van der Waals surface area (Å²) < 4.78 is 5.78. The molecule has 0 spiro atoms. The number of aliphatic hydroxyl groups is 1. The molecule has 2 amide bonds. The number of thiazole rings is 1. The molecule has 8 heteroatoms. The van der Waals surface area contributed by atoms with E-state index in [2.05, 4.69) is 10.3 Å². The van der Waals surface area contributed by atoms with Gasteiger partial charge in [0.1, 0.15) is 12.7 Å². The zero-order valence-corrected chi connectivity index (χ0v) is 17.7. The zero-order valence-electron chi connectivity index (χ0n) is 16.9. The maximum atomic E-state index is 12.5. The van der Waals surface area contributed by atoms with E-state index in [0.29, 0.717) is 24.6 Å². The van der Waals surface area contributed by atoms with Crippen molar-refractivity contribution in [2.75, 3.05) is 18.5 Å². The van der Waals surface area contributed by atoms with Crippen molar-refractivity contribution >= 4 is 28.8 Å². The van der Waals surface area contributed by atoms with Gasteiger partial charge in [-0.25, -0.2) is 4.98 Å². The van der Waals surface area contributed by atoms with Crippen molar-refractivity contribution in [3.05, 3.63) is 45.9 Å². The molecule has 2 atom stereocenters. The van der Waals surface area contributed by atoms with Gasteiger partial charge in [0.15, 0.2) is 0 Å². The first kappa shape index (κ1) is 21.4. The second kappa shape index (κ2) is 9.47. The maximum absolute atomic E-state index is 12.5. The first-order valence-corrected chi connectivity index (χ1v) is 10.6. The summed E-state index contributed by atoms with van der Waals surface area (Å²) >= 11 is 1.50. The highest BCUT2D eigenvalue weighted by atomic mass is 32.1. The minimum Gasteiger partial charge on any atom is -0.394 e. The monoisotopic (exact) mass is 417 g/mol. The van der Waals surface area contributed by atoms with Crippen LogP contribution in [0.4, 0.5) is 5.69 Å². The summed E-state index contributed by atoms with van der Waals surface area (Å²) in [6, 6.07) is 6.88. The molecule has 7 nitrogen and oxygen atoms in total. The van der Waals surface area contributed by atoms with Crippen LogP contribution >= 0.6 is 11.3 Å². The van der Waals surface area contributed by atoms with Gasteiger partial charge >= 0.3 is 0 Å². The lowest BCUT2D eigenvalue weighted by molar-refractivity contribution is -0.161. The van der Waals surface area contributed by atoms with Crippen LogP contribution in [-0.4, -0.2) is 46.1 Å². The lowest BCUT2D eigenvalue weighted by atomic mass is 9.99. The molecule has 2 aromatic rings. The summed E-state index contributed by atoms with van der Waals surface area (Å²) in [6.07, 6.45) is 0.0278. The van der Waals surface area contributed by atoms with E-state index >= 15 is 0 Å². The molecule has 0 bridgehead atoms. The largest absolute Gasteiger partial charge is 0.394 e. The van der Waals surface area contributed by atoms with Crippen molar-refractivity contribution in [3.8, 4) is 0 Å². The molecule has 0 aliphatic carbocycles. The summed E-state index contributed by atoms with van der Waals surface area (Å²) in [5.41, 5.74) is 4.21. The Labute approximate surface area is 174 Å². The Balaban J connectivity index is 1.74. The number of aliphatic hydroxyl groups excluding tert-OH is 1. The summed E-state index contributed by atoms with van der Waals surface area (Å²) in [5.74, 6) is 0.123. The van der Waals surface area contributed by atoms with Gasteiger partial charge in [-0.15, -0.1) is 11.3 Å². The van der Waals surface area contributed by atoms with Gasteiger partial charge in [-0.1, -0.05) is 26.0 Å². The Kier molecular flexibility index (Phi) is 7.00.